The highest BCUT2D eigenvalue weighted by atomic mass is 16.5. The van der Waals surface area contributed by atoms with Gasteiger partial charge in [0, 0.05) is 11.1 Å². The maximum atomic E-state index is 13.8. The van der Waals surface area contributed by atoms with Crippen LogP contribution in [0.15, 0.2) is 31.0 Å². The standard InChI is InChI=1S/C34H50N2O3/c1-8-17-39-29(38)34-14-11-23(21(2)3)27(34)24-9-10-26-30(4)18-22-19-35-36-28(22)31(5,20-37)25(30)12-13-33(26,7)32(24,6)15-16-34/h8,19,23-27,37H,1-2,9-18,20H2,3-7H3,(H,35,36)/t23-,24+,25+,26+,27+,30-,31-,32+,33+,34-/m0/s1. The summed E-state index contributed by atoms with van der Waals surface area (Å²) in [6.07, 6.45) is 13.4. The summed E-state index contributed by atoms with van der Waals surface area (Å²) < 4.78 is 5.84. The lowest BCUT2D eigenvalue weighted by molar-refractivity contribution is -0.230. The van der Waals surface area contributed by atoms with Gasteiger partial charge >= 0.3 is 5.97 Å². The third-order valence-corrected chi connectivity index (χ3v) is 14.0. The normalized spacial score (nSPS) is 48.1. The second kappa shape index (κ2) is 8.81. The summed E-state index contributed by atoms with van der Waals surface area (Å²) in [4.78, 5) is 13.8. The predicted molar refractivity (Wildman–Crippen MR) is 154 cm³/mol. The lowest BCUT2D eigenvalue weighted by atomic mass is 9.32. The molecule has 2 N–H and O–H groups in total. The number of esters is 1. The quantitative estimate of drug-likeness (QED) is 0.322. The number of hydrogen-bond acceptors (Lipinski definition) is 4. The van der Waals surface area contributed by atoms with Crippen molar-refractivity contribution < 1.29 is 14.6 Å². The fraction of sp³-hybridized carbons (Fsp3) is 0.765. The molecule has 0 amide bonds. The van der Waals surface area contributed by atoms with Crippen LogP contribution in [-0.4, -0.2) is 34.5 Å². The Hall–Kier alpha value is -1.88. The van der Waals surface area contributed by atoms with E-state index < -0.39 is 0 Å². The highest BCUT2D eigenvalue weighted by Crippen LogP contribution is 2.77. The molecule has 5 aliphatic carbocycles. The van der Waals surface area contributed by atoms with Gasteiger partial charge in [0.25, 0.3) is 0 Å². The van der Waals surface area contributed by atoms with Crippen molar-refractivity contribution in [1.29, 1.82) is 0 Å². The highest BCUT2D eigenvalue weighted by molar-refractivity contribution is 5.78. The Balaban J connectivity index is 1.41. The van der Waals surface area contributed by atoms with Gasteiger partial charge in [-0.25, -0.2) is 0 Å². The number of aliphatic hydroxyl groups is 1. The number of nitrogens with zero attached hydrogens (tertiary/aromatic N) is 1. The maximum absolute atomic E-state index is 13.8. The van der Waals surface area contributed by atoms with Gasteiger partial charge in [0.1, 0.15) is 6.61 Å². The SMILES string of the molecule is C=CCOC(=O)[C@]12CC[C@@H](C(=C)C)[C@@H]1[C@H]1CC[C@@H]3[C@@]4(C)Cc5cn[nH]c5[C@@](C)(CO)[C@@H]4CC[C@@]3(C)[C@]1(C)CC2. The summed E-state index contributed by atoms with van der Waals surface area (Å²) in [5, 5.41) is 18.5. The Bertz CT molecular complexity index is 1190. The van der Waals surface area contributed by atoms with Crippen molar-refractivity contribution in [2.75, 3.05) is 13.2 Å². The number of H-pyrrole nitrogens is 1. The zero-order valence-corrected chi connectivity index (χ0v) is 24.9. The van der Waals surface area contributed by atoms with Crippen LogP contribution in [0.3, 0.4) is 0 Å². The average molecular weight is 535 g/mol. The van der Waals surface area contributed by atoms with Gasteiger partial charge in [-0.05, 0) is 116 Å². The summed E-state index contributed by atoms with van der Waals surface area (Å²) in [7, 11) is 0. The molecule has 0 unspecified atom stereocenters. The van der Waals surface area contributed by atoms with Gasteiger partial charge < -0.3 is 9.84 Å². The van der Waals surface area contributed by atoms with Crippen LogP contribution >= 0.6 is 0 Å². The summed E-state index contributed by atoms with van der Waals surface area (Å²) in [6.45, 7) is 20.9. The van der Waals surface area contributed by atoms with E-state index in [4.69, 9.17) is 4.74 Å². The van der Waals surface area contributed by atoms with E-state index in [-0.39, 0.29) is 39.7 Å². The number of ether oxygens (including phenoxy) is 1. The molecule has 0 saturated heterocycles. The lowest BCUT2D eigenvalue weighted by Gasteiger charge is -2.72. The van der Waals surface area contributed by atoms with Crippen LogP contribution in [0.1, 0.15) is 97.2 Å². The number of rotatable bonds is 5. The molecular weight excluding hydrogens is 484 g/mol. The molecule has 0 aliphatic heterocycles. The van der Waals surface area contributed by atoms with Crippen molar-refractivity contribution in [2.45, 2.75) is 97.8 Å². The van der Waals surface area contributed by atoms with Crippen LogP contribution in [0.2, 0.25) is 0 Å². The lowest BCUT2D eigenvalue weighted by Crippen LogP contribution is -2.67. The first kappa shape index (κ1) is 27.3. The number of fused-ring (bicyclic) bond motifs is 8. The zero-order chi connectivity index (χ0) is 28.0. The van der Waals surface area contributed by atoms with Gasteiger partial charge in [0.2, 0.25) is 0 Å². The summed E-state index contributed by atoms with van der Waals surface area (Å²) >= 11 is 0. The minimum absolute atomic E-state index is 0.0135. The third-order valence-electron chi connectivity index (χ3n) is 14.0. The van der Waals surface area contributed by atoms with E-state index >= 15 is 0 Å². The zero-order valence-electron chi connectivity index (χ0n) is 24.9. The van der Waals surface area contributed by atoms with Crippen LogP contribution in [0.25, 0.3) is 0 Å². The first-order valence-electron chi connectivity index (χ1n) is 15.5. The van der Waals surface area contributed by atoms with Crippen LogP contribution in [0.5, 0.6) is 0 Å². The van der Waals surface area contributed by atoms with Crippen molar-refractivity contribution in [3.63, 3.8) is 0 Å². The highest BCUT2D eigenvalue weighted by Gasteiger charge is 2.72. The van der Waals surface area contributed by atoms with Gasteiger partial charge in [0.15, 0.2) is 0 Å². The number of hydrogen-bond donors (Lipinski definition) is 2. The predicted octanol–water partition coefficient (Wildman–Crippen LogP) is 6.78. The van der Waals surface area contributed by atoms with Gasteiger partial charge in [0.05, 0.1) is 18.2 Å². The molecule has 39 heavy (non-hydrogen) atoms. The van der Waals surface area contributed by atoms with Crippen molar-refractivity contribution in [3.05, 3.63) is 42.3 Å². The van der Waals surface area contributed by atoms with Crippen LogP contribution < -0.4 is 0 Å². The molecule has 214 valence electrons. The van der Waals surface area contributed by atoms with E-state index in [1.54, 1.807) is 6.08 Å². The van der Waals surface area contributed by atoms with Crippen molar-refractivity contribution in [1.82, 2.24) is 10.2 Å². The second-order valence-corrected chi connectivity index (χ2v) is 15.3. The average Bonchev–Trinajstić information content (AvgIpc) is 3.53. The number of aromatic nitrogens is 2. The Morgan fingerprint density at radius 2 is 1.87 bits per heavy atom. The second-order valence-electron chi connectivity index (χ2n) is 15.3. The molecule has 0 spiro atoms. The molecule has 4 fully saturated rings. The Kier molecular flexibility index (Phi) is 6.17. The largest absolute Gasteiger partial charge is 0.461 e. The molecule has 6 rings (SSSR count). The smallest absolute Gasteiger partial charge is 0.312 e. The molecule has 4 saturated carbocycles. The molecule has 5 heteroatoms. The molecular formula is C34H50N2O3. The van der Waals surface area contributed by atoms with Crippen LogP contribution in [-0.2, 0) is 21.4 Å². The Morgan fingerprint density at radius 1 is 1.10 bits per heavy atom. The van der Waals surface area contributed by atoms with Gasteiger partial charge in [-0.15, -0.1) is 0 Å². The number of carbonyl (C=O) groups excluding carboxylic acids is 1. The molecule has 1 aromatic heterocycles. The molecule has 0 radical (unpaired) electrons. The monoisotopic (exact) mass is 534 g/mol. The number of aromatic amines is 1. The Labute approximate surface area is 235 Å². The van der Waals surface area contributed by atoms with E-state index in [2.05, 4.69) is 58.0 Å². The molecule has 10 atom stereocenters. The first-order chi connectivity index (χ1) is 18.4. The minimum atomic E-state index is -0.382. The summed E-state index contributed by atoms with van der Waals surface area (Å²) in [5.41, 5.74) is 3.47. The molecule has 0 aromatic carbocycles. The maximum Gasteiger partial charge on any atom is 0.312 e. The number of nitrogens with one attached hydrogen (secondary N) is 1. The minimum Gasteiger partial charge on any atom is -0.461 e. The summed E-state index contributed by atoms with van der Waals surface area (Å²) in [6, 6.07) is 0. The van der Waals surface area contributed by atoms with Crippen molar-refractivity contribution >= 4 is 5.97 Å². The van der Waals surface area contributed by atoms with E-state index in [1.165, 1.54) is 24.0 Å². The molecule has 5 aliphatic rings. The molecule has 5 nitrogen and oxygen atoms in total. The van der Waals surface area contributed by atoms with E-state index in [1.807, 2.05) is 6.20 Å². The fourth-order valence-corrected chi connectivity index (χ4v) is 12.1. The van der Waals surface area contributed by atoms with Crippen LogP contribution in [0, 0.1) is 51.2 Å². The molecule has 1 aromatic rings. The third kappa shape index (κ3) is 3.29. The summed E-state index contributed by atoms with van der Waals surface area (Å²) in [5.74, 6) is 2.20. The van der Waals surface area contributed by atoms with Gasteiger partial charge in [-0.2, -0.15) is 5.10 Å². The van der Waals surface area contributed by atoms with Crippen molar-refractivity contribution in [3.8, 4) is 0 Å². The number of aliphatic hydroxyl groups excluding tert-OH is 1. The topological polar surface area (TPSA) is 75.2 Å². The van der Waals surface area contributed by atoms with Gasteiger partial charge in [-0.3, -0.25) is 9.89 Å². The van der Waals surface area contributed by atoms with E-state index in [0.717, 1.165) is 50.6 Å². The Morgan fingerprint density at radius 3 is 2.56 bits per heavy atom. The molecule has 0 bridgehead atoms. The van der Waals surface area contributed by atoms with Crippen LogP contribution in [0.4, 0.5) is 0 Å². The molecule has 1 heterocycles. The van der Waals surface area contributed by atoms with Crippen molar-refractivity contribution in [2.24, 2.45) is 51.2 Å². The van der Waals surface area contributed by atoms with E-state index in [0.29, 0.717) is 36.2 Å². The first-order valence-corrected chi connectivity index (χ1v) is 15.5. The van der Waals surface area contributed by atoms with Gasteiger partial charge in [-0.1, -0.05) is 52.5 Å². The number of allylic oxidation sites excluding steroid dienone is 1. The van der Waals surface area contributed by atoms with E-state index in [9.17, 15) is 9.90 Å². The number of carbonyl (C=O) groups is 1. The fourth-order valence-electron chi connectivity index (χ4n) is 12.1.